The second kappa shape index (κ2) is 5.47. The lowest BCUT2D eigenvalue weighted by atomic mass is 10.1. The Morgan fingerprint density at radius 1 is 0.632 bits per heavy atom. The molecule has 0 saturated carbocycles. The van der Waals surface area contributed by atoms with E-state index in [9.17, 15) is 0 Å². The summed E-state index contributed by atoms with van der Waals surface area (Å²) in [6, 6.07) is 11.3. The molecule has 0 saturated heterocycles. The summed E-state index contributed by atoms with van der Waals surface area (Å²) in [5, 5.41) is 3.04. The summed E-state index contributed by atoms with van der Waals surface area (Å²) in [5.41, 5.74) is 7.15. The predicted octanol–water partition coefficient (Wildman–Crippen LogP) is 4.29. The third-order valence-electron chi connectivity index (χ3n) is 4.33. The first-order valence-corrected chi connectivity index (χ1v) is 8.59. The van der Waals surface area contributed by atoms with Gasteiger partial charge < -0.3 is 0 Å². The molecule has 0 aliphatic rings. The van der Waals surface area contributed by atoms with Crippen LogP contribution in [0.15, 0.2) is 30.3 Å². The van der Waals surface area contributed by atoms with Crippen molar-refractivity contribution in [3.05, 3.63) is 58.1 Å². The van der Waals surface area contributed by atoms with E-state index in [1.54, 1.807) is 0 Å². The molecule has 0 radical (unpaired) electrons. The average Bonchev–Trinajstić information content (AvgIpc) is 2.39. The van der Waals surface area contributed by atoms with Crippen LogP contribution in [0.5, 0.6) is 0 Å². The normalized spacial score (nSPS) is 12.5. The summed E-state index contributed by atoms with van der Waals surface area (Å²) in [6.45, 7) is 13.5. The maximum atomic E-state index is 2.38. The molecule has 2 aromatic rings. The van der Waals surface area contributed by atoms with Crippen LogP contribution in [0.2, 0.25) is 0 Å². The highest BCUT2D eigenvalue weighted by Gasteiger charge is 2.15. The van der Waals surface area contributed by atoms with E-state index in [0.717, 1.165) is 0 Å². The van der Waals surface area contributed by atoms with Gasteiger partial charge >= 0.3 is 0 Å². The van der Waals surface area contributed by atoms with E-state index in [-0.39, 0.29) is 7.92 Å². The van der Waals surface area contributed by atoms with Crippen molar-refractivity contribution in [1.29, 1.82) is 0 Å². The van der Waals surface area contributed by atoms with E-state index in [2.05, 4.69) is 71.6 Å². The van der Waals surface area contributed by atoms with Crippen molar-refractivity contribution in [2.75, 3.05) is 6.66 Å². The number of benzene rings is 2. The molecule has 0 aliphatic carbocycles. The highest BCUT2D eigenvalue weighted by molar-refractivity contribution is 7.72. The van der Waals surface area contributed by atoms with Gasteiger partial charge in [0.2, 0.25) is 0 Å². The van der Waals surface area contributed by atoms with Crippen molar-refractivity contribution in [3.63, 3.8) is 0 Å². The van der Waals surface area contributed by atoms with Crippen LogP contribution < -0.4 is 10.6 Å². The van der Waals surface area contributed by atoms with E-state index < -0.39 is 0 Å². The zero-order valence-corrected chi connectivity index (χ0v) is 13.7. The predicted molar refractivity (Wildman–Crippen MR) is 88.7 cm³/mol. The average molecular weight is 270 g/mol. The first-order chi connectivity index (χ1) is 8.93. The molecule has 2 aromatic carbocycles. The van der Waals surface area contributed by atoms with Gasteiger partial charge in [-0.15, -0.1) is 0 Å². The van der Waals surface area contributed by atoms with Crippen molar-refractivity contribution in [2.45, 2.75) is 34.6 Å². The highest BCUT2D eigenvalue weighted by Crippen LogP contribution is 2.33. The fraction of sp³-hybridized carbons (Fsp3) is 0.333. The quantitative estimate of drug-likeness (QED) is 0.714. The van der Waals surface area contributed by atoms with Crippen molar-refractivity contribution < 1.29 is 0 Å². The van der Waals surface area contributed by atoms with Crippen LogP contribution in [0.1, 0.15) is 27.8 Å². The minimum Gasteiger partial charge on any atom is -0.0613 e. The summed E-state index contributed by atoms with van der Waals surface area (Å²) >= 11 is 0. The monoisotopic (exact) mass is 270 g/mol. The maximum Gasteiger partial charge on any atom is -0.0166 e. The fourth-order valence-corrected chi connectivity index (χ4v) is 4.75. The molecule has 0 nitrogen and oxygen atoms in total. The lowest BCUT2D eigenvalue weighted by Gasteiger charge is -2.21. The molecule has 0 bridgehead atoms. The molecule has 0 aromatic heterocycles. The van der Waals surface area contributed by atoms with Gasteiger partial charge in [0.25, 0.3) is 0 Å². The van der Waals surface area contributed by atoms with Crippen LogP contribution in [-0.2, 0) is 0 Å². The highest BCUT2D eigenvalue weighted by atomic mass is 31.1. The Morgan fingerprint density at radius 3 is 1.89 bits per heavy atom. The minimum atomic E-state index is -0.257. The molecule has 0 amide bonds. The molecular weight excluding hydrogens is 247 g/mol. The fourth-order valence-electron chi connectivity index (χ4n) is 2.53. The van der Waals surface area contributed by atoms with E-state index >= 15 is 0 Å². The van der Waals surface area contributed by atoms with Gasteiger partial charge in [0.1, 0.15) is 0 Å². The van der Waals surface area contributed by atoms with Gasteiger partial charge in [-0.1, -0.05) is 30.3 Å². The third-order valence-corrected chi connectivity index (χ3v) is 6.74. The van der Waals surface area contributed by atoms with Gasteiger partial charge in [-0.25, -0.2) is 0 Å². The van der Waals surface area contributed by atoms with Crippen LogP contribution in [0, 0.1) is 34.6 Å². The van der Waals surface area contributed by atoms with Gasteiger partial charge in [0.05, 0.1) is 0 Å². The zero-order chi connectivity index (χ0) is 14.2. The molecule has 0 heterocycles. The van der Waals surface area contributed by atoms with E-state index in [0.29, 0.717) is 0 Å². The minimum absolute atomic E-state index is 0.257. The summed E-state index contributed by atoms with van der Waals surface area (Å²) in [5.74, 6) is 0. The summed E-state index contributed by atoms with van der Waals surface area (Å²) in [7, 11) is -0.257. The Labute approximate surface area is 118 Å². The lowest BCUT2D eigenvalue weighted by molar-refractivity contribution is 1.28. The molecule has 1 unspecified atom stereocenters. The topological polar surface area (TPSA) is 0 Å². The number of rotatable bonds is 2. The van der Waals surface area contributed by atoms with Crippen LogP contribution >= 0.6 is 7.92 Å². The molecule has 19 heavy (non-hydrogen) atoms. The molecule has 0 spiro atoms. The second-order valence-electron chi connectivity index (χ2n) is 5.43. The smallest absolute Gasteiger partial charge is 0.0166 e. The van der Waals surface area contributed by atoms with Crippen molar-refractivity contribution >= 4 is 18.5 Å². The molecule has 100 valence electrons. The SMILES string of the molecule is Cc1cccc(P(C)c2ccc(C)c(C)c2C)c1C. The van der Waals surface area contributed by atoms with Crippen molar-refractivity contribution in [2.24, 2.45) is 0 Å². The Hall–Kier alpha value is -1.13. The summed E-state index contributed by atoms with van der Waals surface area (Å²) in [6.07, 6.45) is 0. The molecular formula is C18H23P. The maximum absolute atomic E-state index is 2.38. The summed E-state index contributed by atoms with van der Waals surface area (Å²) in [4.78, 5) is 0. The first kappa shape index (κ1) is 14.3. The Kier molecular flexibility index (Phi) is 4.11. The Bertz CT molecular complexity index is 611. The van der Waals surface area contributed by atoms with Crippen LogP contribution in [0.25, 0.3) is 0 Å². The molecule has 2 rings (SSSR count). The standard InChI is InChI=1S/C18H23P/c1-12-8-7-9-17(15(12)4)19(6)18-11-10-13(2)14(3)16(18)5/h7-11H,1-6H3. The third kappa shape index (κ3) is 2.60. The second-order valence-corrected chi connectivity index (χ2v) is 7.51. The molecule has 0 N–H and O–H groups in total. The number of hydrogen-bond donors (Lipinski definition) is 0. The Morgan fingerprint density at radius 2 is 1.21 bits per heavy atom. The number of aryl methyl sites for hydroxylation is 2. The van der Waals surface area contributed by atoms with Crippen molar-refractivity contribution in [1.82, 2.24) is 0 Å². The molecule has 0 aliphatic heterocycles. The lowest BCUT2D eigenvalue weighted by Crippen LogP contribution is -2.17. The van der Waals surface area contributed by atoms with Crippen molar-refractivity contribution in [3.8, 4) is 0 Å². The van der Waals surface area contributed by atoms with E-state index in [1.807, 2.05) is 0 Å². The van der Waals surface area contributed by atoms with Gasteiger partial charge in [-0.2, -0.15) is 0 Å². The molecule has 0 fully saturated rings. The number of hydrogen-bond acceptors (Lipinski definition) is 0. The van der Waals surface area contributed by atoms with Crippen LogP contribution in [0.4, 0.5) is 0 Å². The Balaban J connectivity index is 2.53. The zero-order valence-electron chi connectivity index (χ0n) is 12.8. The van der Waals surface area contributed by atoms with Crippen LogP contribution in [0.3, 0.4) is 0 Å². The van der Waals surface area contributed by atoms with Crippen LogP contribution in [-0.4, -0.2) is 6.66 Å². The van der Waals surface area contributed by atoms with E-state index in [1.165, 1.54) is 38.4 Å². The van der Waals surface area contributed by atoms with Gasteiger partial charge in [0, 0.05) is 0 Å². The summed E-state index contributed by atoms with van der Waals surface area (Å²) < 4.78 is 0. The van der Waals surface area contributed by atoms with Gasteiger partial charge in [-0.3, -0.25) is 0 Å². The van der Waals surface area contributed by atoms with E-state index in [4.69, 9.17) is 0 Å². The van der Waals surface area contributed by atoms with Gasteiger partial charge in [0.15, 0.2) is 0 Å². The molecule has 1 atom stereocenters. The largest absolute Gasteiger partial charge is 0.0613 e. The molecule has 1 heteroatoms. The van der Waals surface area contributed by atoms with Gasteiger partial charge in [-0.05, 0) is 87.6 Å². The first-order valence-electron chi connectivity index (χ1n) is 6.80.